The molecule has 1 heterocycles. The van der Waals surface area contributed by atoms with Crippen molar-refractivity contribution in [3.63, 3.8) is 0 Å². The van der Waals surface area contributed by atoms with Gasteiger partial charge in [-0.3, -0.25) is 9.78 Å². The SMILES string of the molecule is CCCC1CCC(Cc2ccncc2Cl)(C(=O)O)CC1. The first-order valence-electron chi connectivity index (χ1n) is 7.39. The second-order valence-electron chi connectivity index (χ2n) is 5.96. The molecule has 0 radical (unpaired) electrons. The van der Waals surface area contributed by atoms with Crippen LogP contribution < -0.4 is 0 Å². The predicted octanol–water partition coefficient (Wildman–Crippen LogP) is 4.34. The van der Waals surface area contributed by atoms with E-state index in [1.165, 1.54) is 12.8 Å². The standard InChI is InChI=1S/C16H22ClNO2/c1-2-3-12-4-7-16(8-5-12,15(19)20)10-13-6-9-18-11-14(13)17/h6,9,11-12H,2-5,7-8,10H2,1H3,(H,19,20). The number of carbonyl (C=O) groups is 1. The van der Waals surface area contributed by atoms with Crippen molar-refractivity contribution in [2.24, 2.45) is 11.3 Å². The van der Waals surface area contributed by atoms with Crippen LogP contribution in [0.15, 0.2) is 18.5 Å². The van der Waals surface area contributed by atoms with Gasteiger partial charge in [-0.1, -0.05) is 31.4 Å². The molecule has 0 unspecified atom stereocenters. The highest BCUT2D eigenvalue weighted by atomic mass is 35.5. The van der Waals surface area contributed by atoms with E-state index in [2.05, 4.69) is 11.9 Å². The van der Waals surface area contributed by atoms with Gasteiger partial charge in [0.2, 0.25) is 0 Å². The van der Waals surface area contributed by atoms with Crippen LogP contribution in [0.25, 0.3) is 0 Å². The van der Waals surface area contributed by atoms with Gasteiger partial charge in [0.15, 0.2) is 0 Å². The maximum absolute atomic E-state index is 11.8. The fourth-order valence-corrected chi connectivity index (χ4v) is 3.49. The number of hydrogen-bond donors (Lipinski definition) is 1. The number of pyridine rings is 1. The summed E-state index contributed by atoms with van der Waals surface area (Å²) in [6.45, 7) is 2.19. The number of nitrogens with zero attached hydrogens (tertiary/aromatic N) is 1. The number of carboxylic acid groups (broad SMARTS) is 1. The quantitative estimate of drug-likeness (QED) is 0.879. The Bertz CT molecular complexity index is 467. The number of carboxylic acids is 1. The lowest BCUT2D eigenvalue weighted by molar-refractivity contribution is -0.151. The Labute approximate surface area is 125 Å². The fraction of sp³-hybridized carbons (Fsp3) is 0.625. The largest absolute Gasteiger partial charge is 0.481 e. The number of hydrogen-bond acceptors (Lipinski definition) is 2. The average molecular weight is 296 g/mol. The van der Waals surface area contributed by atoms with Crippen molar-refractivity contribution < 1.29 is 9.90 Å². The van der Waals surface area contributed by atoms with E-state index in [1.807, 2.05) is 6.07 Å². The molecule has 0 saturated heterocycles. The molecular weight excluding hydrogens is 274 g/mol. The Morgan fingerprint density at radius 2 is 2.20 bits per heavy atom. The van der Waals surface area contributed by atoms with Gasteiger partial charge in [0, 0.05) is 12.4 Å². The summed E-state index contributed by atoms with van der Waals surface area (Å²) in [4.78, 5) is 15.8. The van der Waals surface area contributed by atoms with E-state index >= 15 is 0 Å². The van der Waals surface area contributed by atoms with Crippen LogP contribution in [-0.4, -0.2) is 16.1 Å². The lowest BCUT2D eigenvalue weighted by Crippen LogP contribution is -2.37. The topological polar surface area (TPSA) is 50.2 Å². The van der Waals surface area contributed by atoms with Crippen molar-refractivity contribution in [3.05, 3.63) is 29.0 Å². The van der Waals surface area contributed by atoms with Crippen LogP contribution in [-0.2, 0) is 11.2 Å². The number of aliphatic carboxylic acids is 1. The zero-order valence-corrected chi connectivity index (χ0v) is 12.7. The highest BCUT2D eigenvalue weighted by Gasteiger charge is 2.42. The molecule has 0 atom stereocenters. The van der Waals surface area contributed by atoms with Gasteiger partial charge in [-0.05, 0) is 49.7 Å². The third-order valence-electron chi connectivity index (χ3n) is 4.60. The Balaban J connectivity index is 2.12. The molecule has 1 saturated carbocycles. The Kier molecular flexibility index (Phi) is 5.03. The summed E-state index contributed by atoms with van der Waals surface area (Å²) in [6.07, 6.45) is 9.73. The average Bonchev–Trinajstić information content (AvgIpc) is 2.44. The third kappa shape index (κ3) is 3.32. The summed E-state index contributed by atoms with van der Waals surface area (Å²) in [5.41, 5.74) is 0.257. The normalized spacial score (nSPS) is 26.4. The first kappa shape index (κ1) is 15.3. The summed E-state index contributed by atoms with van der Waals surface area (Å²) in [6, 6.07) is 1.84. The van der Waals surface area contributed by atoms with Crippen molar-refractivity contribution in [3.8, 4) is 0 Å². The Morgan fingerprint density at radius 3 is 2.75 bits per heavy atom. The molecule has 1 aliphatic carbocycles. The molecule has 2 rings (SSSR count). The zero-order chi connectivity index (χ0) is 14.6. The molecule has 0 spiro atoms. The van der Waals surface area contributed by atoms with E-state index in [9.17, 15) is 9.90 Å². The molecule has 1 aromatic heterocycles. The van der Waals surface area contributed by atoms with Gasteiger partial charge in [-0.2, -0.15) is 0 Å². The van der Waals surface area contributed by atoms with Gasteiger partial charge in [0.1, 0.15) is 0 Å². The molecular formula is C16H22ClNO2. The summed E-state index contributed by atoms with van der Waals surface area (Å²) in [7, 11) is 0. The van der Waals surface area contributed by atoms with Gasteiger partial charge >= 0.3 is 5.97 Å². The second kappa shape index (κ2) is 6.57. The lowest BCUT2D eigenvalue weighted by Gasteiger charge is -2.37. The number of rotatable bonds is 5. The van der Waals surface area contributed by atoms with Crippen molar-refractivity contribution >= 4 is 17.6 Å². The van der Waals surface area contributed by atoms with Crippen molar-refractivity contribution in [2.75, 3.05) is 0 Å². The third-order valence-corrected chi connectivity index (χ3v) is 4.94. The number of halogens is 1. The zero-order valence-electron chi connectivity index (χ0n) is 11.9. The van der Waals surface area contributed by atoms with Crippen LogP contribution in [0.3, 0.4) is 0 Å². The minimum absolute atomic E-state index is 0.516. The van der Waals surface area contributed by atoms with E-state index < -0.39 is 11.4 Å². The molecule has 1 N–H and O–H groups in total. The molecule has 1 fully saturated rings. The van der Waals surface area contributed by atoms with E-state index in [0.29, 0.717) is 17.4 Å². The van der Waals surface area contributed by atoms with Crippen LogP contribution in [0.4, 0.5) is 0 Å². The summed E-state index contributed by atoms with van der Waals surface area (Å²) in [5.74, 6) is 0.0146. The smallest absolute Gasteiger partial charge is 0.309 e. The molecule has 20 heavy (non-hydrogen) atoms. The molecule has 1 aromatic rings. The minimum Gasteiger partial charge on any atom is -0.481 e. The second-order valence-corrected chi connectivity index (χ2v) is 6.37. The van der Waals surface area contributed by atoms with Crippen molar-refractivity contribution in [1.29, 1.82) is 0 Å². The van der Waals surface area contributed by atoms with Crippen molar-refractivity contribution in [1.82, 2.24) is 4.98 Å². The van der Waals surface area contributed by atoms with Gasteiger partial charge in [0.05, 0.1) is 10.4 Å². The van der Waals surface area contributed by atoms with Crippen LogP contribution in [0, 0.1) is 11.3 Å². The highest BCUT2D eigenvalue weighted by molar-refractivity contribution is 6.31. The van der Waals surface area contributed by atoms with E-state index in [-0.39, 0.29) is 0 Å². The monoisotopic (exact) mass is 295 g/mol. The minimum atomic E-state index is -0.680. The van der Waals surface area contributed by atoms with Crippen LogP contribution in [0.1, 0.15) is 51.0 Å². The van der Waals surface area contributed by atoms with E-state index in [0.717, 1.165) is 31.2 Å². The van der Waals surface area contributed by atoms with Crippen LogP contribution in [0.5, 0.6) is 0 Å². The van der Waals surface area contributed by atoms with Crippen molar-refractivity contribution in [2.45, 2.75) is 51.9 Å². The maximum atomic E-state index is 11.8. The molecule has 110 valence electrons. The highest BCUT2D eigenvalue weighted by Crippen LogP contribution is 2.43. The molecule has 4 heteroatoms. The Hall–Kier alpha value is -1.09. The summed E-state index contributed by atoms with van der Waals surface area (Å²) in [5, 5.41) is 10.3. The first-order valence-corrected chi connectivity index (χ1v) is 7.77. The maximum Gasteiger partial charge on any atom is 0.309 e. The first-order chi connectivity index (χ1) is 9.57. The molecule has 0 amide bonds. The molecule has 0 aromatic carbocycles. The number of aromatic nitrogens is 1. The Morgan fingerprint density at radius 1 is 1.50 bits per heavy atom. The van der Waals surface area contributed by atoms with E-state index in [4.69, 9.17) is 11.6 Å². The van der Waals surface area contributed by atoms with Gasteiger partial charge < -0.3 is 5.11 Å². The molecule has 1 aliphatic rings. The van der Waals surface area contributed by atoms with Gasteiger partial charge in [-0.25, -0.2) is 0 Å². The molecule has 0 aliphatic heterocycles. The molecule has 0 bridgehead atoms. The fourth-order valence-electron chi connectivity index (χ4n) is 3.31. The van der Waals surface area contributed by atoms with Crippen LogP contribution in [0.2, 0.25) is 5.02 Å². The molecule has 3 nitrogen and oxygen atoms in total. The van der Waals surface area contributed by atoms with E-state index in [1.54, 1.807) is 12.4 Å². The predicted molar refractivity (Wildman–Crippen MR) is 79.9 cm³/mol. The lowest BCUT2D eigenvalue weighted by atomic mass is 9.67. The van der Waals surface area contributed by atoms with Gasteiger partial charge in [-0.15, -0.1) is 0 Å². The summed E-state index contributed by atoms with van der Waals surface area (Å²) >= 11 is 6.13. The van der Waals surface area contributed by atoms with Gasteiger partial charge in [0.25, 0.3) is 0 Å². The van der Waals surface area contributed by atoms with Crippen LogP contribution >= 0.6 is 11.6 Å². The summed E-state index contributed by atoms with van der Waals surface area (Å²) < 4.78 is 0.